The molecule has 0 bridgehead atoms. The third kappa shape index (κ3) is 4.23. The molecule has 1 aromatic heterocycles. The van der Waals surface area contributed by atoms with E-state index in [4.69, 9.17) is 4.74 Å². The Morgan fingerprint density at radius 1 is 1.50 bits per heavy atom. The summed E-state index contributed by atoms with van der Waals surface area (Å²) in [6.45, 7) is 8.88. The van der Waals surface area contributed by atoms with Gasteiger partial charge in [-0.2, -0.15) is 0 Å². The van der Waals surface area contributed by atoms with Crippen LogP contribution in [0.4, 0.5) is 5.95 Å². The van der Waals surface area contributed by atoms with Crippen LogP contribution in [0, 0.1) is 0 Å². The van der Waals surface area contributed by atoms with E-state index in [9.17, 15) is 0 Å². The molecule has 1 rings (SSSR count). The summed E-state index contributed by atoms with van der Waals surface area (Å²) in [6, 6.07) is 0. The molecule has 16 heavy (non-hydrogen) atoms. The smallest absolute Gasteiger partial charge is 0.202 e. The summed E-state index contributed by atoms with van der Waals surface area (Å²) < 4.78 is 7.63. The van der Waals surface area contributed by atoms with Gasteiger partial charge in [0.2, 0.25) is 5.95 Å². The highest BCUT2D eigenvalue weighted by atomic mass is 16.5. The van der Waals surface area contributed by atoms with Gasteiger partial charge >= 0.3 is 0 Å². The molecule has 1 aromatic rings. The summed E-state index contributed by atoms with van der Waals surface area (Å²) in [5, 5.41) is 3.34. The predicted octanol–water partition coefficient (Wildman–Crippen LogP) is 2.52. The van der Waals surface area contributed by atoms with Crippen molar-refractivity contribution < 1.29 is 4.74 Å². The normalized spacial score (nSPS) is 12.7. The van der Waals surface area contributed by atoms with Gasteiger partial charge in [-0.25, -0.2) is 4.98 Å². The van der Waals surface area contributed by atoms with Crippen LogP contribution in [0.5, 0.6) is 0 Å². The van der Waals surface area contributed by atoms with Gasteiger partial charge in [0.05, 0.1) is 12.6 Å². The lowest BCUT2D eigenvalue weighted by Crippen LogP contribution is -2.18. The summed E-state index contributed by atoms with van der Waals surface area (Å²) in [6.07, 6.45) is 6.42. The second kappa shape index (κ2) is 7.28. The van der Waals surface area contributed by atoms with E-state index in [1.165, 1.54) is 12.8 Å². The predicted molar refractivity (Wildman–Crippen MR) is 66.7 cm³/mol. The van der Waals surface area contributed by atoms with E-state index in [1.807, 2.05) is 19.3 Å². The molecule has 0 aliphatic rings. The Morgan fingerprint density at radius 3 is 3.00 bits per heavy atom. The van der Waals surface area contributed by atoms with Gasteiger partial charge in [-0.05, 0) is 20.3 Å². The number of hydrogen-bond donors (Lipinski definition) is 1. The number of ether oxygens (including phenoxy) is 1. The number of imidazole rings is 1. The summed E-state index contributed by atoms with van der Waals surface area (Å²) >= 11 is 0. The topological polar surface area (TPSA) is 39.1 Å². The second-order valence-electron chi connectivity index (χ2n) is 3.95. The molecule has 0 spiro atoms. The van der Waals surface area contributed by atoms with Crippen molar-refractivity contribution in [1.29, 1.82) is 0 Å². The minimum absolute atomic E-state index is 0.228. The molecule has 1 heterocycles. The van der Waals surface area contributed by atoms with Crippen molar-refractivity contribution in [3.05, 3.63) is 12.4 Å². The molecule has 0 amide bonds. The molecule has 0 radical (unpaired) electrons. The van der Waals surface area contributed by atoms with E-state index in [0.717, 1.165) is 25.6 Å². The minimum Gasteiger partial charge on any atom is -0.377 e. The van der Waals surface area contributed by atoms with Gasteiger partial charge in [0.1, 0.15) is 0 Å². The van der Waals surface area contributed by atoms with Crippen molar-refractivity contribution in [2.24, 2.45) is 0 Å². The Balaban J connectivity index is 2.43. The first-order valence-electron chi connectivity index (χ1n) is 6.14. The number of anilines is 1. The Morgan fingerprint density at radius 2 is 2.31 bits per heavy atom. The molecule has 1 atom stereocenters. The monoisotopic (exact) mass is 225 g/mol. The quantitative estimate of drug-likeness (QED) is 0.691. The number of unbranched alkanes of at least 4 members (excludes halogenated alkanes) is 1. The first-order valence-corrected chi connectivity index (χ1v) is 6.14. The number of rotatable bonds is 8. The standard InChI is InChI=1S/C12H23N3O/c1-4-6-7-13-12-14-8-9-15(12)10-11(3)16-5-2/h8-9,11H,4-7,10H2,1-3H3,(H,13,14). The van der Waals surface area contributed by atoms with Crippen LogP contribution in [0.2, 0.25) is 0 Å². The van der Waals surface area contributed by atoms with Gasteiger partial charge in [-0.15, -0.1) is 0 Å². The van der Waals surface area contributed by atoms with E-state index in [1.54, 1.807) is 0 Å². The zero-order valence-electron chi connectivity index (χ0n) is 10.6. The molecule has 4 nitrogen and oxygen atoms in total. The van der Waals surface area contributed by atoms with E-state index in [0.29, 0.717) is 0 Å². The van der Waals surface area contributed by atoms with Gasteiger partial charge in [0, 0.05) is 25.5 Å². The summed E-state index contributed by atoms with van der Waals surface area (Å²) in [4.78, 5) is 4.30. The maximum absolute atomic E-state index is 5.52. The third-order valence-corrected chi connectivity index (χ3v) is 2.43. The van der Waals surface area contributed by atoms with Crippen LogP contribution in [-0.4, -0.2) is 28.8 Å². The highest BCUT2D eigenvalue weighted by Gasteiger charge is 2.06. The highest BCUT2D eigenvalue weighted by Crippen LogP contribution is 2.07. The summed E-state index contributed by atoms with van der Waals surface area (Å²) in [5.74, 6) is 0.944. The largest absolute Gasteiger partial charge is 0.377 e. The first-order chi connectivity index (χ1) is 7.77. The zero-order chi connectivity index (χ0) is 11.8. The number of hydrogen-bond acceptors (Lipinski definition) is 3. The molecule has 0 saturated heterocycles. The molecule has 1 unspecified atom stereocenters. The van der Waals surface area contributed by atoms with Crippen molar-refractivity contribution in [3.8, 4) is 0 Å². The van der Waals surface area contributed by atoms with Crippen molar-refractivity contribution >= 4 is 5.95 Å². The summed E-state index contributed by atoms with van der Waals surface area (Å²) in [7, 11) is 0. The summed E-state index contributed by atoms with van der Waals surface area (Å²) in [5.41, 5.74) is 0. The van der Waals surface area contributed by atoms with Crippen molar-refractivity contribution in [2.75, 3.05) is 18.5 Å². The van der Waals surface area contributed by atoms with Gasteiger partial charge in [-0.3, -0.25) is 0 Å². The average molecular weight is 225 g/mol. The number of nitrogens with zero attached hydrogens (tertiary/aromatic N) is 2. The van der Waals surface area contributed by atoms with Gasteiger partial charge < -0.3 is 14.6 Å². The van der Waals surface area contributed by atoms with Crippen LogP contribution in [0.15, 0.2) is 12.4 Å². The molecule has 92 valence electrons. The maximum Gasteiger partial charge on any atom is 0.202 e. The van der Waals surface area contributed by atoms with Crippen molar-refractivity contribution in [3.63, 3.8) is 0 Å². The van der Waals surface area contributed by atoms with Crippen LogP contribution < -0.4 is 5.32 Å². The van der Waals surface area contributed by atoms with Gasteiger partial charge in [0.25, 0.3) is 0 Å². The highest BCUT2D eigenvalue weighted by molar-refractivity contribution is 5.25. The van der Waals surface area contributed by atoms with Crippen molar-refractivity contribution in [1.82, 2.24) is 9.55 Å². The van der Waals surface area contributed by atoms with Gasteiger partial charge in [-0.1, -0.05) is 13.3 Å². The molecule has 0 aromatic carbocycles. The van der Waals surface area contributed by atoms with E-state index >= 15 is 0 Å². The molecule has 0 aliphatic heterocycles. The van der Waals surface area contributed by atoms with Crippen LogP contribution in [0.1, 0.15) is 33.6 Å². The lowest BCUT2D eigenvalue weighted by Gasteiger charge is -2.14. The van der Waals surface area contributed by atoms with E-state index in [-0.39, 0.29) is 6.10 Å². The fourth-order valence-corrected chi connectivity index (χ4v) is 1.61. The van der Waals surface area contributed by atoms with Gasteiger partial charge in [0.15, 0.2) is 0 Å². The molecular formula is C12H23N3O. The molecule has 0 aliphatic carbocycles. The molecule has 4 heteroatoms. The fraction of sp³-hybridized carbons (Fsp3) is 0.750. The van der Waals surface area contributed by atoms with Crippen molar-refractivity contribution in [2.45, 2.75) is 46.3 Å². The second-order valence-corrected chi connectivity index (χ2v) is 3.95. The number of nitrogens with one attached hydrogen (secondary N) is 1. The average Bonchev–Trinajstić information content (AvgIpc) is 2.66. The number of aromatic nitrogens is 2. The zero-order valence-corrected chi connectivity index (χ0v) is 10.6. The van der Waals surface area contributed by atoms with Crippen LogP contribution in [0.3, 0.4) is 0 Å². The fourth-order valence-electron chi connectivity index (χ4n) is 1.61. The van der Waals surface area contributed by atoms with E-state index < -0.39 is 0 Å². The Labute approximate surface area is 98.0 Å². The first kappa shape index (κ1) is 13.0. The Bertz CT molecular complexity index is 286. The maximum atomic E-state index is 5.52. The Hall–Kier alpha value is -1.03. The SMILES string of the molecule is CCCCNc1nccn1CC(C)OCC. The molecule has 0 fully saturated rings. The van der Waals surface area contributed by atoms with Crippen LogP contribution in [-0.2, 0) is 11.3 Å². The molecular weight excluding hydrogens is 202 g/mol. The van der Waals surface area contributed by atoms with Crippen LogP contribution >= 0.6 is 0 Å². The lowest BCUT2D eigenvalue weighted by atomic mass is 10.3. The van der Waals surface area contributed by atoms with E-state index in [2.05, 4.69) is 28.7 Å². The minimum atomic E-state index is 0.228. The molecule has 1 N–H and O–H groups in total. The lowest BCUT2D eigenvalue weighted by molar-refractivity contribution is 0.0644. The third-order valence-electron chi connectivity index (χ3n) is 2.43. The van der Waals surface area contributed by atoms with Crippen LogP contribution in [0.25, 0.3) is 0 Å². The molecule has 0 saturated carbocycles. The Kier molecular flexibility index (Phi) is 5.93.